The van der Waals surface area contributed by atoms with Crippen molar-refractivity contribution in [3.63, 3.8) is 0 Å². The van der Waals surface area contributed by atoms with Gasteiger partial charge in [-0.2, -0.15) is 9.30 Å². The zero-order chi connectivity index (χ0) is 29.5. The standard InChI is InChI=1S/C24H30F2N4O8S/c1-13(23(35)29-24(27)28)7-14-8-18(25)22(19(26)9-14)38-16-3-5-17(6-4-16)39(36,37)30(2)11-21(34)20(33)10-15(32)12-31/h3-9,15,20-21,31-34H,10-12H2,1-2H3,(H4,27,28,29,35)/b13-7+/t15-,20-,21-/m0/s1. The number of aliphatic hydroxyl groups excluding tert-OH is 4. The summed E-state index contributed by atoms with van der Waals surface area (Å²) in [5.74, 6) is -4.31. The number of hydrogen-bond donors (Lipinski definition) is 6. The van der Waals surface area contributed by atoms with E-state index in [1.807, 2.05) is 0 Å². The number of likely N-dealkylation sites (N-methyl/N-ethyl adjacent to an activating group) is 1. The summed E-state index contributed by atoms with van der Waals surface area (Å²) in [6, 6.07) is 6.38. The van der Waals surface area contributed by atoms with E-state index >= 15 is 0 Å². The Morgan fingerprint density at radius 3 is 2.18 bits per heavy atom. The molecule has 3 atom stereocenters. The highest BCUT2D eigenvalue weighted by atomic mass is 32.2. The van der Waals surface area contributed by atoms with Crippen LogP contribution in [0.2, 0.25) is 0 Å². The van der Waals surface area contributed by atoms with Crippen LogP contribution in [-0.2, 0) is 14.8 Å². The van der Waals surface area contributed by atoms with Gasteiger partial charge in [-0.1, -0.05) is 0 Å². The maximum atomic E-state index is 14.6. The average molecular weight is 573 g/mol. The van der Waals surface area contributed by atoms with Crippen LogP contribution >= 0.6 is 0 Å². The first-order valence-corrected chi connectivity index (χ1v) is 12.8. The summed E-state index contributed by atoms with van der Waals surface area (Å²) in [6.07, 6.45) is -3.51. The van der Waals surface area contributed by atoms with Crippen molar-refractivity contribution in [1.82, 2.24) is 4.31 Å². The molecule has 8 N–H and O–H groups in total. The van der Waals surface area contributed by atoms with Crippen molar-refractivity contribution in [1.29, 1.82) is 0 Å². The third-order valence-corrected chi connectivity index (χ3v) is 7.17. The van der Waals surface area contributed by atoms with Crippen LogP contribution in [0.15, 0.2) is 51.9 Å². The van der Waals surface area contributed by atoms with E-state index in [4.69, 9.17) is 21.3 Å². The highest BCUT2D eigenvalue weighted by Crippen LogP contribution is 2.30. The summed E-state index contributed by atoms with van der Waals surface area (Å²) < 4.78 is 60.8. The summed E-state index contributed by atoms with van der Waals surface area (Å²) in [5.41, 5.74) is 10.3. The number of sulfonamides is 1. The lowest BCUT2D eigenvalue weighted by Gasteiger charge is -2.24. The van der Waals surface area contributed by atoms with Crippen LogP contribution in [0.4, 0.5) is 8.78 Å². The van der Waals surface area contributed by atoms with Crippen molar-refractivity contribution in [3.05, 3.63) is 59.2 Å². The van der Waals surface area contributed by atoms with Crippen LogP contribution in [-0.4, -0.2) is 83.5 Å². The molecule has 15 heteroatoms. The van der Waals surface area contributed by atoms with Gasteiger partial charge in [0.1, 0.15) is 5.75 Å². The average Bonchev–Trinajstić information content (AvgIpc) is 2.85. The van der Waals surface area contributed by atoms with Crippen molar-refractivity contribution < 1.29 is 47.2 Å². The van der Waals surface area contributed by atoms with E-state index in [2.05, 4.69) is 4.99 Å². The van der Waals surface area contributed by atoms with Crippen molar-refractivity contribution >= 4 is 28.0 Å². The number of rotatable bonds is 12. The third kappa shape index (κ3) is 8.77. The normalized spacial score (nSPS) is 14.5. The fourth-order valence-corrected chi connectivity index (χ4v) is 4.44. The number of carbonyl (C=O) groups excluding carboxylic acids is 1. The molecule has 2 aromatic rings. The van der Waals surface area contributed by atoms with E-state index in [9.17, 15) is 37.3 Å². The second kappa shape index (κ2) is 13.5. The molecule has 0 aliphatic rings. The van der Waals surface area contributed by atoms with Crippen LogP contribution in [0.25, 0.3) is 6.08 Å². The fourth-order valence-electron chi connectivity index (χ4n) is 3.25. The summed E-state index contributed by atoms with van der Waals surface area (Å²) in [6.45, 7) is 0.198. The van der Waals surface area contributed by atoms with Gasteiger partial charge in [0.15, 0.2) is 23.3 Å². The summed E-state index contributed by atoms with van der Waals surface area (Å²) in [5, 5.41) is 38.1. The van der Waals surface area contributed by atoms with Gasteiger partial charge in [-0.25, -0.2) is 17.2 Å². The smallest absolute Gasteiger partial charge is 0.275 e. The van der Waals surface area contributed by atoms with Crippen LogP contribution in [0.5, 0.6) is 11.5 Å². The first-order chi connectivity index (χ1) is 18.1. The van der Waals surface area contributed by atoms with Gasteiger partial charge in [-0.3, -0.25) is 4.79 Å². The van der Waals surface area contributed by atoms with E-state index < -0.39 is 70.7 Å². The number of benzene rings is 2. The number of aliphatic hydroxyl groups is 4. The maximum Gasteiger partial charge on any atom is 0.275 e. The topological polar surface area (TPSA) is 209 Å². The Bertz CT molecular complexity index is 1310. The number of hydrogen-bond acceptors (Lipinski definition) is 8. The summed E-state index contributed by atoms with van der Waals surface area (Å²) in [4.78, 5) is 14.9. The van der Waals surface area contributed by atoms with Crippen LogP contribution in [0.3, 0.4) is 0 Å². The number of nitrogens with two attached hydrogens (primary N) is 2. The monoisotopic (exact) mass is 572 g/mol. The third-order valence-electron chi connectivity index (χ3n) is 5.34. The van der Waals surface area contributed by atoms with Gasteiger partial charge in [0.25, 0.3) is 5.91 Å². The van der Waals surface area contributed by atoms with E-state index in [-0.39, 0.29) is 28.2 Å². The number of ether oxygens (including phenoxy) is 1. The van der Waals surface area contributed by atoms with Gasteiger partial charge in [0.05, 0.1) is 29.8 Å². The van der Waals surface area contributed by atoms with Crippen molar-refractivity contribution in [2.45, 2.75) is 36.6 Å². The number of guanidine groups is 1. The summed E-state index contributed by atoms with van der Waals surface area (Å²) >= 11 is 0. The van der Waals surface area contributed by atoms with Crippen molar-refractivity contribution in [3.8, 4) is 11.5 Å². The Morgan fingerprint density at radius 1 is 1.10 bits per heavy atom. The van der Waals surface area contributed by atoms with Crippen molar-refractivity contribution in [2.24, 2.45) is 16.5 Å². The minimum absolute atomic E-state index is 0.00310. The van der Waals surface area contributed by atoms with E-state index in [1.165, 1.54) is 13.0 Å². The molecule has 39 heavy (non-hydrogen) atoms. The quantitative estimate of drug-likeness (QED) is 0.114. The molecule has 0 spiro atoms. The molecule has 214 valence electrons. The molecule has 0 heterocycles. The van der Waals surface area contributed by atoms with Gasteiger partial charge >= 0.3 is 0 Å². The molecule has 0 aromatic heterocycles. The molecule has 0 aliphatic heterocycles. The van der Waals surface area contributed by atoms with Gasteiger partial charge in [0.2, 0.25) is 10.0 Å². The number of halogens is 2. The molecular formula is C24H30F2N4O8S. The summed E-state index contributed by atoms with van der Waals surface area (Å²) in [7, 11) is -2.99. The number of amides is 1. The van der Waals surface area contributed by atoms with E-state index in [1.54, 1.807) is 0 Å². The fraction of sp³-hybridized carbons (Fsp3) is 0.333. The van der Waals surface area contributed by atoms with Gasteiger partial charge in [0, 0.05) is 25.6 Å². The van der Waals surface area contributed by atoms with Crippen LogP contribution < -0.4 is 16.2 Å². The molecule has 0 unspecified atom stereocenters. The van der Waals surface area contributed by atoms with Gasteiger partial charge in [-0.05, 0) is 55.0 Å². The Labute approximate surface area is 223 Å². The van der Waals surface area contributed by atoms with Crippen molar-refractivity contribution in [2.75, 3.05) is 20.2 Å². The molecule has 0 aliphatic carbocycles. The van der Waals surface area contributed by atoms with Gasteiger partial charge in [-0.15, -0.1) is 0 Å². The molecule has 0 radical (unpaired) electrons. The minimum Gasteiger partial charge on any atom is -0.451 e. The first-order valence-electron chi connectivity index (χ1n) is 11.4. The number of nitrogens with zero attached hydrogens (tertiary/aromatic N) is 2. The Hall–Kier alpha value is -3.47. The molecule has 2 aromatic carbocycles. The SMILES string of the molecule is C/C(=C\c1cc(F)c(Oc2ccc(S(=O)(=O)N(C)C[C@H](O)[C@@H](O)C[C@H](O)CO)cc2)c(F)c1)C(=O)N=C(N)N. The Balaban J connectivity index is 2.16. The maximum absolute atomic E-state index is 14.6. The van der Waals surface area contributed by atoms with E-state index in [0.717, 1.165) is 47.8 Å². The zero-order valence-electron chi connectivity index (χ0n) is 21.0. The van der Waals surface area contributed by atoms with Crippen LogP contribution in [0.1, 0.15) is 18.9 Å². The highest BCUT2D eigenvalue weighted by molar-refractivity contribution is 7.89. The predicted molar refractivity (Wildman–Crippen MR) is 137 cm³/mol. The predicted octanol–water partition coefficient (Wildman–Crippen LogP) is 0.0460. The largest absolute Gasteiger partial charge is 0.451 e. The first kappa shape index (κ1) is 31.7. The van der Waals surface area contributed by atoms with Crippen LogP contribution in [0, 0.1) is 11.6 Å². The minimum atomic E-state index is -4.15. The molecule has 0 bridgehead atoms. The molecule has 0 saturated carbocycles. The molecule has 12 nitrogen and oxygen atoms in total. The molecule has 1 amide bonds. The lowest BCUT2D eigenvalue weighted by Crippen LogP contribution is -2.41. The molecular weight excluding hydrogens is 542 g/mol. The van der Waals surface area contributed by atoms with Gasteiger partial charge < -0.3 is 36.6 Å². The van der Waals surface area contributed by atoms with E-state index in [0.29, 0.717) is 0 Å². The Kier molecular flexibility index (Phi) is 11.0. The highest BCUT2D eigenvalue weighted by Gasteiger charge is 2.27. The molecule has 0 fully saturated rings. The Morgan fingerprint density at radius 2 is 1.67 bits per heavy atom. The zero-order valence-corrected chi connectivity index (χ0v) is 21.8. The molecule has 2 rings (SSSR count). The second-order valence-corrected chi connectivity index (χ2v) is 10.6. The second-order valence-electron chi connectivity index (χ2n) is 8.55. The molecule has 0 saturated heterocycles. The number of aliphatic imine (C=N–C) groups is 1. The lowest BCUT2D eigenvalue weighted by atomic mass is 10.1. The number of carbonyl (C=O) groups is 1. The lowest BCUT2D eigenvalue weighted by molar-refractivity contribution is -0.114.